The van der Waals surface area contributed by atoms with Gasteiger partial charge in [-0.3, -0.25) is 0 Å². The average Bonchev–Trinajstić information content (AvgIpc) is 3.00. The van der Waals surface area contributed by atoms with Crippen LogP contribution in [0.1, 0.15) is 31.3 Å². The molecular weight excluding hydrogens is 453 g/mol. The molecule has 3 aromatic carbocycles. The molecule has 1 N–H and O–H groups in total. The third kappa shape index (κ3) is 4.70. The van der Waals surface area contributed by atoms with E-state index in [1.54, 1.807) is 0 Å². The second kappa shape index (κ2) is 10.1. The number of benzene rings is 3. The molecule has 29 heavy (non-hydrogen) atoms. The monoisotopic (exact) mass is 476 g/mol. The van der Waals surface area contributed by atoms with Crippen LogP contribution < -0.4 is 28.6 Å². The van der Waals surface area contributed by atoms with Crippen molar-refractivity contribution >= 4 is 12.6 Å². The number of halogens is 2. The van der Waals surface area contributed by atoms with Crippen molar-refractivity contribution < 1.29 is 47.0 Å². The number of rotatable bonds is 4. The molecule has 0 fully saturated rings. The van der Waals surface area contributed by atoms with Gasteiger partial charge in [-0.05, 0) is 0 Å². The summed E-state index contributed by atoms with van der Waals surface area (Å²) in [6.45, 7) is 5.82. The van der Waals surface area contributed by atoms with Gasteiger partial charge in [0.05, 0.1) is 0 Å². The molecule has 1 aliphatic carbocycles. The Balaban J connectivity index is 0.00000150. The zero-order valence-corrected chi connectivity index (χ0v) is 21.0. The van der Waals surface area contributed by atoms with E-state index in [0.29, 0.717) is 4.22 Å². The smallest absolute Gasteiger partial charge is 1.00 e. The number of amides is 1. The van der Waals surface area contributed by atoms with Crippen LogP contribution in [0.3, 0.4) is 0 Å². The van der Waals surface area contributed by atoms with Crippen LogP contribution in [-0.4, -0.2) is 12.6 Å². The van der Waals surface area contributed by atoms with E-state index in [1.807, 2.05) is 31.2 Å². The van der Waals surface area contributed by atoms with E-state index < -0.39 is 24.0 Å². The van der Waals surface area contributed by atoms with E-state index >= 15 is 0 Å². The van der Waals surface area contributed by atoms with Crippen LogP contribution in [0.2, 0.25) is 13.1 Å². The number of nitrogens with one attached hydrogen (secondary N) is 1. The minimum absolute atomic E-state index is 0. The van der Waals surface area contributed by atoms with Crippen LogP contribution in [-0.2, 0) is 17.4 Å². The average molecular weight is 477 g/mol. The van der Waals surface area contributed by atoms with Crippen LogP contribution in [0.4, 0.5) is 0 Å². The van der Waals surface area contributed by atoms with Gasteiger partial charge in [0.1, 0.15) is 0 Å². The molecule has 0 aliphatic heterocycles. The maximum atomic E-state index is 13.0. The summed E-state index contributed by atoms with van der Waals surface area (Å²) in [5.74, 6) is 0.108. The number of hydrogen-bond acceptors (Lipinski definition) is 1. The molecule has 2 nitrogen and oxygen atoms in total. The van der Waals surface area contributed by atoms with Crippen molar-refractivity contribution in [2.75, 3.05) is 0 Å². The van der Waals surface area contributed by atoms with Gasteiger partial charge >= 0.3 is 169 Å². The SMILES string of the molecule is Cc1cccc(C(=O)[NH][Ti+2]([CH]2c3ccccc3-c3ccccc32)[SiH](C)C)c1.[Cl-].[Cl-]. The van der Waals surface area contributed by atoms with Gasteiger partial charge in [-0.2, -0.15) is 0 Å². The predicted octanol–water partition coefficient (Wildman–Crippen LogP) is -0.981. The van der Waals surface area contributed by atoms with Crippen molar-refractivity contribution in [1.82, 2.24) is 3.80 Å². The Morgan fingerprint density at radius 1 is 0.862 bits per heavy atom. The molecule has 0 radical (unpaired) electrons. The van der Waals surface area contributed by atoms with Crippen molar-refractivity contribution in [2.24, 2.45) is 0 Å². The van der Waals surface area contributed by atoms with Crippen LogP contribution in [0, 0.1) is 6.92 Å². The summed E-state index contributed by atoms with van der Waals surface area (Å²) < 4.78 is 3.97. The molecule has 0 unspecified atom stereocenters. The van der Waals surface area contributed by atoms with Crippen LogP contribution in [0.15, 0.2) is 72.8 Å². The predicted molar refractivity (Wildman–Crippen MR) is 111 cm³/mol. The fraction of sp³-hybridized carbons (Fsp3) is 0.174. The normalized spacial score (nSPS) is 11.7. The van der Waals surface area contributed by atoms with Gasteiger partial charge in [0, 0.05) is 0 Å². The van der Waals surface area contributed by atoms with Gasteiger partial charge in [0.2, 0.25) is 0 Å². The fourth-order valence-electron chi connectivity index (χ4n) is 4.03. The third-order valence-corrected chi connectivity index (χ3v) is 17.1. The molecule has 3 aromatic rings. The molecule has 4 rings (SSSR count). The van der Waals surface area contributed by atoms with E-state index in [-0.39, 0.29) is 30.7 Å². The molecule has 149 valence electrons. The van der Waals surface area contributed by atoms with Crippen molar-refractivity contribution in [1.29, 1.82) is 0 Å². The molecule has 0 saturated carbocycles. The second-order valence-electron chi connectivity index (χ2n) is 7.54. The van der Waals surface area contributed by atoms with E-state index in [4.69, 9.17) is 0 Å². The quantitative estimate of drug-likeness (QED) is 0.482. The van der Waals surface area contributed by atoms with E-state index in [0.717, 1.165) is 11.1 Å². The molecule has 1 amide bonds. The summed E-state index contributed by atoms with van der Waals surface area (Å²) >= 11 is -1.88. The first-order valence-electron chi connectivity index (χ1n) is 9.49. The van der Waals surface area contributed by atoms with E-state index in [2.05, 4.69) is 65.4 Å². The standard InChI is InChI=1S/C13H9.C8H9NO.C2H7Si.2ClH.Ti/c1-3-7-12-10(5-1)9-11-6-2-4-8-13(11)12;1-6-3-2-4-7(5-6)8(9)10;1-3-2;;;/h1-9H;2-5H,1H3,(H2,9,10);3H,1-2H3;2*1H;/q;;;;;+3/p-3. The first-order valence-corrected chi connectivity index (χ1v) is 16.8. The number of aryl methyl sites for hydroxylation is 1. The Morgan fingerprint density at radius 2 is 1.41 bits per heavy atom. The number of carbonyl (C=O) groups is 1. The Morgan fingerprint density at radius 3 is 1.93 bits per heavy atom. The third-order valence-electron chi connectivity index (χ3n) is 5.30. The fourth-order valence-corrected chi connectivity index (χ4v) is 14.2. The number of carbonyl (C=O) groups excluding carboxylic acids is 1. The van der Waals surface area contributed by atoms with Crippen LogP contribution in [0.25, 0.3) is 11.1 Å². The van der Waals surface area contributed by atoms with Gasteiger partial charge in [0.15, 0.2) is 0 Å². The Kier molecular flexibility index (Phi) is 8.33. The van der Waals surface area contributed by atoms with Gasteiger partial charge in [-0.1, -0.05) is 0 Å². The van der Waals surface area contributed by atoms with Crippen molar-refractivity contribution in [3.63, 3.8) is 0 Å². The number of hydrogen-bond donors (Lipinski definition) is 1. The summed E-state index contributed by atoms with van der Waals surface area (Å²) in [6, 6.07) is 25.4. The molecule has 0 heterocycles. The molecular formula is C23H24Cl2NOSiTi. The van der Waals surface area contributed by atoms with Crippen molar-refractivity contribution in [3.05, 3.63) is 95.1 Å². The maximum absolute atomic E-state index is 13.0. The van der Waals surface area contributed by atoms with Gasteiger partial charge < -0.3 is 24.8 Å². The summed E-state index contributed by atoms with van der Waals surface area (Å²) in [4.78, 5) is 13.0. The topological polar surface area (TPSA) is 29.1 Å². The summed E-state index contributed by atoms with van der Waals surface area (Å²) in [5.41, 5.74) is 7.45. The summed E-state index contributed by atoms with van der Waals surface area (Å²) in [7, 11) is 0. The largest absolute Gasteiger partial charge is 1.00 e. The zero-order chi connectivity index (χ0) is 19.0. The molecule has 0 bridgehead atoms. The molecule has 0 saturated heterocycles. The number of fused-ring (bicyclic) bond motifs is 3. The zero-order valence-electron chi connectivity index (χ0n) is 16.7. The minimum Gasteiger partial charge on any atom is -1.00 e. The van der Waals surface area contributed by atoms with Crippen LogP contribution in [0.5, 0.6) is 0 Å². The Hall–Kier alpha value is -1.36. The van der Waals surface area contributed by atoms with E-state index in [1.165, 1.54) is 22.3 Å². The molecule has 0 atom stereocenters. The van der Waals surface area contributed by atoms with Gasteiger partial charge in [-0.15, -0.1) is 0 Å². The molecule has 1 aliphatic rings. The van der Waals surface area contributed by atoms with Gasteiger partial charge in [-0.25, -0.2) is 0 Å². The first-order chi connectivity index (χ1) is 13.1. The first kappa shape index (κ1) is 23.9. The summed E-state index contributed by atoms with van der Waals surface area (Å²) in [6.07, 6.45) is 0. The Bertz CT molecular complexity index is 966. The summed E-state index contributed by atoms with van der Waals surface area (Å²) in [5, 5.41) is 0. The second-order valence-corrected chi connectivity index (χ2v) is 20.5. The Labute approximate surface area is 192 Å². The van der Waals surface area contributed by atoms with Crippen LogP contribution >= 0.6 is 0 Å². The van der Waals surface area contributed by atoms with E-state index in [9.17, 15) is 4.79 Å². The molecule has 0 spiro atoms. The van der Waals surface area contributed by atoms with Crippen molar-refractivity contribution in [3.8, 4) is 11.1 Å². The van der Waals surface area contributed by atoms with Crippen molar-refractivity contribution in [2.45, 2.75) is 24.2 Å². The van der Waals surface area contributed by atoms with Gasteiger partial charge in [0.25, 0.3) is 0 Å². The molecule has 6 heteroatoms. The molecule has 0 aromatic heterocycles. The minimum atomic E-state index is -1.88. The maximum Gasteiger partial charge on any atom is -1.00 e.